The summed E-state index contributed by atoms with van der Waals surface area (Å²) in [6, 6.07) is 19.0. The van der Waals surface area contributed by atoms with Crippen molar-refractivity contribution in [2.24, 2.45) is 0 Å². The number of halogens is 1. The Morgan fingerprint density at radius 2 is 1.78 bits per heavy atom. The van der Waals surface area contributed by atoms with Gasteiger partial charge in [-0.15, -0.1) is 0 Å². The van der Waals surface area contributed by atoms with Gasteiger partial charge in [-0.2, -0.15) is 0 Å². The number of carbonyl (C=O) groups excluding carboxylic acids is 1. The number of nitro groups is 1. The standard InChI is InChI=1S/C23H15ClN2O6/c24-20-12-15(25-22(27)13-31-17-8-6-16(7-9-17)26(29)30)5-10-18(20)19-11-14-3-1-2-4-21(14)32-23(19)28/h1-12H,13H2,(H,25,27). The Morgan fingerprint density at radius 1 is 1.03 bits per heavy atom. The maximum Gasteiger partial charge on any atom is 0.344 e. The smallest absolute Gasteiger partial charge is 0.344 e. The maximum atomic E-state index is 12.4. The average molecular weight is 451 g/mol. The molecule has 0 saturated carbocycles. The molecule has 0 spiro atoms. The van der Waals surface area contributed by atoms with Gasteiger partial charge in [0.1, 0.15) is 11.3 Å². The molecule has 160 valence electrons. The molecular weight excluding hydrogens is 436 g/mol. The van der Waals surface area contributed by atoms with Crippen LogP contribution in [0.2, 0.25) is 5.02 Å². The number of rotatable bonds is 6. The molecule has 3 aromatic carbocycles. The van der Waals surface area contributed by atoms with Gasteiger partial charge in [-0.3, -0.25) is 14.9 Å². The van der Waals surface area contributed by atoms with E-state index >= 15 is 0 Å². The lowest BCUT2D eigenvalue weighted by atomic mass is 10.1. The third kappa shape index (κ3) is 4.60. The van der Waals surface area contributed by atoms with Crippen LogP contribution in [0.25, 0.3) is 22.1 Å². The molecule has 0 atom stereocenters. The van der Waals surface area contributed by atoms with Gasteiger partial charge in [0.05, 0.1) is 15.5 Å². The van der Waals surface area contributed by atoms with Gasteiger partial charge in [0.15, 0.2) is 6.61 Å². The average Bonchev–Trinajstić information content (AvgIpc) is 2.78. The highest BCUT2D eigenvalue weighted by Gasteiger charge is 2.13. The Balaban J connectivity index is 1.45. The number of amides is 1. The number of para-hydroxylation sites is 1. The van der Waals surface area contributed by atoms with Crippen LogP contribution < -0.4 is 15.7 Å². The minimum absolute atomic E-state index is 0.0722. The number of ether oxygens (including phenoxy) is 1. The molecule has 1 aromatic heterocycles. The molecule has 1 heterocycles. The Labute approximate surface area is 186 Å². The van der Waals surface area contributed by atoms with E-state index in [-0.39, 0.29) is 17.3 Å². The summed E-state index contributed by atoms with van der Waals surface area (Å²) >= 11 is 6.37. The summed E-state index contributed by atoms with van der Waals surface area (Å²) in [6.07, 6.45) is 0. The van der Waals surface area contributed by atoms with Crippen LogP contribution in [0.15, 0.2) is 82.0 Å². The fourth-order valence-corrected chi connectivity index (χ4v) is 3.35. The van der Waals surface area contributed by atoms with Crippen LogP contribution in [0.3, 0.4) is 0 Å². The fourth-order valence-electron chi connectivity index (χ4n) is 3.07. The van der Waals surface area contributed by atoms with Crippen molar-refractivity contribution >= 4 is 39.9 Å². The van der Waals surface area contributed by atoms with Gasteiger partial charge in [0.25, 0.3) is 11.6 Å². The number of benzene rings is 3. The third-order valence-electron chi connectivity index (χ3n) is 4.60. The van der Waals surface area contributed by atoms with Crippen LogP contribution in [0, 0.1) is 10.1 Å². The van der Waals surface area contributed by atoms with Gasteiger partial charge in [0, 0.05) is 28.8 Å². The maximum absolute atomic E-state index is 12.4. The van der Waals surface area contributed by atoms with Crippen LogP contribution in [0.5, 0.6) is 5.75 Å². The molecule has 4 rings (SSSR count). The second-order valence-electron chi connectivity index (χ2n) is 6.77. The molecule has 0 fully saturated rings. The van der Waals surface area contributed by atoms with E-state index in [0.717, 1.165) is 5.39 Å². The third-order valence-corrected chi connectivity index (χ3v) is 4.91. The molecule has 32 heavy (non-hydrogen) atoms. The van der Waals surface area contributed by atoms with E-state index in [2.05, 4.69) is 5.32 Å². The number of nitrogens with one attached hydrogen (secondary N) is 1. The van der Waals surface area contributed by atoms with Crippen LogP contribution in [-0.2, 0) is 4.79 Å². The van der Waals surface area contributed by atoms with E-state index in [4.69, 9.17) is 20.8 Å². The molecule has 0 bridgehead atoms. The predicted octanol–water partition coefficient (Wildman–Crippen LogP) is 5.04. The summed E-state index contributed by atoms with van der Waals surface area (Å²) in [7, 11) is 0. The van der Waals surface area contributed by atoms with Gasteiger partial charge in [0.2, 0.25) is 0 Å². The Bertz CT molecular complexity index is 1380. The van der Waals surface area contributed by atoms with E-state index in [9.17, 15) is 19.7 Å². The van der Waals surface area contributed by atoms with Crippen molar-refractivity contribution in [3.63, 3.8) is 0 Å². The lowest BCUT2D eigenvalue weighted by Gasteiger charge is -2.10. The summed E-state index contributed by atoms with van der Waals surface area (Å²) in [5.74, 6) is -0.125. The molecule has 0 unspecified atom stereocenters. The van der Waals surface area contributed by atoms with Gasteiger partial charge in [-0.1, -0.05) is 35.9 Å². The molecular formula is C23H15ClN2O6. The summed E-state index contributed by atoms with van der Waals surface area (Å²) in [6.45, 7) is -0.300. The topological polar surface area (TPSA) is 112 Å². The molecule has 4 aromatic rings. The van der Waals surface area contributed by atoms with Gasteiger partial charge >= 0.3 is 5.63 Å². The molecule has 0 aliphatic carbocycles. The van der Waals surface area contributed by atoms with Crippen molar-refractivity contribution in [3.8, 4) is 16.9 Å². The highest BCUT2D eigenvalue weighted by atomic mass is 35.5. The zero-order valence-electron chi connectivity index (χ0n) is 16.4. The highest BCUT2D eigenvalue weighted by molar-refractivity contribution is 6.33. The predicted molar refractivity (Wildman–Crippen MR) is 120 cm³/mol. The van der Waals surface area contributed by atoms with Crippen molar-refractivity contribution < 1.29 is 18.9 Å². The molecule has 0 saturated heterocycles. The van der Waals surface area contributed by atoms with E-state index in [1.165, 1.54) is 30.3 Å². The monoisotopic (exact) mass is 450 g/mol. The normalized spacial score (nSPS) is 10.7. The molecule has 0 radical (unpaired) electrons. The Kier molecular flexibility index (Phi) is 5.87. The first-order valence-corrected chi connectivity index (χ1v) is 9.78. The van der Waals surface area contributed by atoms with E-state index in [1.807, 2.05) is 12.1 Å². The molecule has 1 N–H and O–H groups in total. The first-order valence-electron chi connectivity index (χ1n) is 9.40. The summed E-state index contributed by atoms with van der Waals surface area (Å²) in [5, 5.41) is 14.3. The fraction of sp³-hybridized carbons (Fsp3) is 0.0435. The number of nitrogens with zero attached hydrogens (tertiary/aromatic N) is 1. The number of fused-ring (bicyclic) bond motifs is 1. The second-order valence-corrected chi connectivity index (χ2v) is 7.18. The summed E-state index contributed by atoms with van der Waals surface area (Å²) in [5.41, 5.74) is 1.10. The molecule has 8 nitrogen and oxygen atoms in total. The number of anilines is 1. The largest absolute Gasteiger partial charge is 0.484 e. The molecule has 1 amide bonds. The minimum atomic E-state index is -0.522. The van der Waals surface area contributed by atoms with Crippen molar-refractivity contribution in [1.29, 1.82) is 0 Å². The van der Waals surface area contributed by atoms with Crippen molar-refractivity contribution in [3.05, 3.63) is 98.4 Å². The number of hydrogen-bond donors (Lipinski definition) is 1. The van der Waals surface area contributed by atoms with Crippen LogP contribution in [0.4, 0.5) is 11.4 Å². The van der Waals surface area contributed by atoms with Gasteiger partial charge < -0.3 is 14.5 Å². The Hall–Kier alpha value is -4.17. The minimum Gasteiger partial charge on any atom is -0.484 e. The number of carbonyl (C=O) groups is 1. The van der Waals surface area contributed by atoms with Gasteiger partial charge in [-0.05, 0) is 36.4 Å². The molecule has 0 aliphatic heterocycles. The summed E-state index contributed by atoms with van der Waals surface area (Å²) < 4.78 is 10.7. The zero-order valence-corrected chi connectivity index (χ0v) is 17.2. The van der Waals surface area contributed by atoms with Crippen LogP contribution in [0.1, 0.15) is 0 Å². The van der Waals surface area contributed by atoms with Gasteiger partial charge in [-0.25, -0.2) is 4.79 Å². The van der Waals surface area contributed by atoms with Crippen molar-refractivity contribution in [2.75, 3.05) is 11.9 Å². The molecule has 0 aliphatic rings. The van der Waals surface area contributed by atoms with E-state index in [0.29, 0.717) is 28.1 Å². The quantitative estimate of drug-likeness (QED) is 0.250. The van der Waals surface area contributed by atoms with E-state index in [1.54, 1.807) is 30.3 Å². The first-order chi connectivity index (χ1) is 15.4. The number of non-ortho nitro benzene ring substituents is 1. The number of hydrogen-bond acceptors (Lipinski definition) is 6. The molecule has 9 heteroatoms. The van der Waals surface area contributed by atoms with Crippen molar-refractivity contribution in [1.82, 2.24) is 0 Å². The first kappa shape index (κ1) is 21.1. The van der Waals surface area contributed by atoms with Crippen LogP contribution >= 0.6 is 11.6 Å². The number of nitro benzene ring substituents is 1. The van der Waals surface area contributed by atoms with Crippen molar-refractivity contribution in [2.45, 2.75) is 0 Å². The highest BCUT2D eigenvalue weighted by Crippen LogP contribution is 2.30. The lowest BCUT2D eigenvalue weighted by Crippen LogP contribution is -2.20. The van der Waals surface area contributed by atoms with E-state index < -0.39 is 16.5 Å². The second kappa shape index (κ2) is 8.91. The lowest BCUT2D eigenvalue weighted by molar-refractivity contribution is -0.384. The van der Waals surface area contributed by atoms with Crippen LogP contribution in [-0.4, -0.2) is 17.4 Å². The summed E-state index contributed by atoms with van der Waals surface area (Å²) in [4.78, 5) is 34.7. The zero-order chi connectivity index (χ0) is 22.7. The SMILES string of the molecule is O=C(COc1ccc([N+](=O)[O-])cc1)Nc1ccc(-c2cc3ccccc3oc2=O)c(Cl)c1. The Morgan fingerprint density at radius 3 is 2.50 bits per heavy atom.